The minimum absolute atomic E-state index is 0.0577. The Labute approximate surface area is 156 Å². The summed E-state index contributed by atoms with van der Waals surface area (Å²) in [5.74, 6) is -0.293. The van der Waals surface area contributed by atoms with Crippen molar-refractivity contribution in [3.05, 3.63) is 69.8 Å². The molecule has 2 amide bonds. The third kappa shape index (κ3) is 5.53. The molecule has 0 fully saturated rings. The summed E-state index contributed by atoms with van der Waals surface area (Å²) in [4.78, 5) is 34.2. The van der Waals surface area contributed by atoms with Crippen molar-refractivity contribution in [2.45, 2.75) is 32.8 Å². The molecule has 0 saturated heterocycles. The van der Waals surface area contributed by atoms with Gasteiger partial charge in [0.05, 0.1) is 4.92 Å². The average molecular weight is 371 g/mol. The lowest BCUT2D eigenvalue weighted by molar-refractivity contribution is -0.384. The van der Waals surface area contributed by atoms with Crippen molar-refractivity contribution in [2.24, 2.45) is 0 Å². The third-order valence-corrected chi connectivity index (χ3v) is 3.85. The predicted octanol–water partition coefficient (Wildman–Crippen LogP) is 2.95. The number of hydrogen-bond donors (Lipinski definition) is 2. The summed E-state index contributed by atoms with van der Waals surface area (Å²) in [5, 5.41) is 10.8. The molecule has 0 aliphatic carbocycles. The van der Waals surface area contributed by atoms with Crippen LogP contribution in [0, 0.1) is 10.1 Å². The monoisotopic (exact) mass is 371 g/mol. The van der Waals surface area contributed by atoms with Crippen molar-refractivity contribution in [3.8, 4) is 5.75 Å². The van der Waals surface area contributed by atoms with Gasteiger partial charge in [-0.3, -0.25) is 30.6 Å². The lowest BCUT2D eigenvalue weighted by Crippen LogP contribution is -2.47. The number of carbonyl (C=O) groups is 2. The van der Waals surface area contributed by atoms with Crippen molar-refractivity contribution in [3.63, 3.8) is 0 Å². The molecule has 27 heavy (non-hydrogen) atoms. The van der Waals surface area contributed by atoms with Crippen LogP contribution in [0.3, 0.4) is 0 Å². The maximum Gasteiger partial charge on any atom is 0.279 e. The van der Waals surface area contributed by atoms with E-state index in [9.17, 15) is 19.7 Å². The Morgan fingerprint density at radius 3 is 2.30 bits per heavy atom. The van der Waals surface area contributed by atoms with Crippen LogP contribution in [0.4, 0.5) is 5.69 Å². The van der Waals surface area contributed by atoms with E-state index in [0.717, 1.165) is 11.6 Å². The van der Waals surface area contributed by atoms with Gasteiger partial charge in [-0.25, -0.2) is 0 Å². The fraction of sp³-hybridized carbons (Fsp3) is 0.263. The number of non-ortho nitro benzene ring substituents is 1. The second-order valence-electron chi connectivity index (χ2n) is 6.23. The van der Waals surface area contributed by atoms with Gasteiger partial charge in [-0.15, -0.1) is 0 Å². The van der Waals surface area contributed by atoms with Crippen LogP contribution in [0.15, 0.2) is 48.5 Å². The van der Waals surface area contributed by atoms with Gasteiger partial charge in [0.25, 0.3) is 17.5 Å². The molecule has 142 valence electrons. The summed E-state index contributed by atoms with van der Waals surface area (Å²) in [6.45, 7) is 5.71. The molecule has 0 spiro atoms. The highest BCUT2D eigenvalue weighted by Crippen LogP contribution is 2.19. The van der Waals surface area contributed by atoms with Crippen molar-refractivity contribution in [2.75, 3.05) is 0 Å². The number of carbonyl (C=O) groups excluding carboxylic acids is 2. The minimum Gasteiger partial charge on any atom is -0.481 e. The fourth-order valence-electron chi connectivity index (χ4n) is 2.24. The normalized spacial score (nSPS) is 11.6. The van der Waals surface area contributed by atoms with Gasteiger partial charge in [0.1, 0.15) is 5.75 Å². The van der Waals surface area contributed by atoms with Gasteiger partial charge in [-0.1, -0.05) is 32.0 Å². The van der Waals surface area contributed by atoms with Gasteiger partial charge in [-0.05, 0) is 36.6 Å². The molecule has 1 atom stereocenters. The van der Waals surface area contributed by atoms with Crippen LogP contribution in [0.25, 0.3) is 0 Å². The van der Waals surface area contributed by atoms with E-state index in [2.05, 4.69) is 24.7 Å². The van der Waals surface area contributed by atoms with Crippen LogP contribution >= 0.6 is 0 Å². The number of rotatable bonds is 6. The third-order valence-electron chi connectivity index (χ3n) is 3.85. The molecule has 0 saturated carbocycles. The Morgan fingerprint density at radius 2 is 1.70 bits per heavy atom. The van der Waals surface area contributed by atoms with Crippen molar-refractivity contribution in [1.82, 2.24) is 10.9 Å². The van der Waals surface area contributed by atoms with E-state index in [1.165, 1.54) is 18.2 Å². The molecular formula is C19H21N3O5. The first-order valence-electron chi connectivity index (χ1n) is 8.39. The number of nitro groups is 1. The first-order chi connectivity index (χ1) is 12.8. The van der Waals surface area contributed by atoms with Crippen LogP contribution in [-0.4, -0.2) is 22.8 Å². The zero-order valence-electron chi connectivity index (χ0n) is 15.3. The molecule has 0 bridgehead atoms. The summed E-state index contributed by atoms with van der Waals surface area (Å²) < 4.78 is 5.55. The first-order valence-corrected chi connectivity index (χ1v) is 8.39. The highest BCUT2D eigenvalue weighted by Gasteiger charge is 2.17. The van der Waals surface area contributed by atoms with E-state index >= 15 is 0 Å². The van der Waals surface area contributed by atoms with Crippen LogP contribution in [0.2, 0.25) is 0 Å². The highest BCUT2D eigenvalue weighted by molar-refractivity contribution is 5.96. The molecule has 2 N–H and O–H groups in total. The molecular weight excluding hydrogens is 350 g/mol. The lowest BCUT2D eigenvalue weighted by Gasteiger charge is -2.16. The van der Waals surface area contributed by atoms with E-state index in [0.29, 0.717) is 11.7 Å². The Bertz CT molecular complexity index is 833. The number of ether oxygens (including phenoxy) is 1. The zero-order chi connectivity index (χ0) is 20.0. The fourth-order valence-corrected chi connectivity index (χ4v) is 2.24. The van der Waals surface area contributed by atoms with Crippen LogP contribution in [-0.2, 0) is 4.79 Å². The molecule has 0 aliphatic rings. The first kappa shape index (κ1) is 19.9. The molecule has 8 heteroatoms. The standard InChI is InChI=1S/C19H21N3O5/c1-12(2)14-7-9-17(10-8-14)27-13(3)18(23)20-21-19(24)15-5-4-6-16(11-15)22(25)26/h4-13H,1-3H3,(H,20,23)(H,21,24). The number of benzene rings is 2. The zero-order valence-corrected chi connectivity index (χ0v) is 15.3. The second-order valence-corrected chi connectivity index (χ2v) is 6.23. The molecule has 2 aromatic rings. The lowest BCUT2D eigenvalue weighted by atomic mass is 10.0. The van der Waals surface area contributed by atoms with E-state index in [1.807, 2.05) is 12.1 Å². The van der Waals surface area contributed by atoms with Crippen LogP contribution in [0.1, 0.15) is 42.6 Å². The van der Waals surface area contributed by atoms with Crippen molar-refractivity contribution < 1.29 is 19.2 Å². The number of amides is 2. The van der Waals surface area contributed by atoms with E-state index < -0.39 is 22.8 Å². The second kappa shape index (κ2) is 8.79. The molecule has 2 rings (SSSR count). The summed E-state index contributed by atoms with van der Waals surface area (Å²) in [6, 6.07) is 12.6. The predicted molar refractivity (Wildman–Crippen MR) is 99.3 cm³/mol. The van der Waals surface area contributed by atoms with Crippen molar-refractivity contribution in [1.29, 1.82) is 0 Å². The van der Waals surface area contributed by atoms with E-state index in [-0.39, 0.29) is 11.3 Å². The maximum absolute atomic E-state index is 12.1. The van der Waals surface area contributed by atoms with Gasteiger partial charge >= 0.3 is 0 Å². The van der Waals surface area contributed by atoms with Gasteiger partial charge in [0.15, 0.2) is 6.10 Å². The smallest absolute Gasteiger partial charge is 0.279 e. The summed E-state index contributed by atoms with van der Waals surface area (Å²) in [5.41, 5.74) is 5.46. The number of nitro benzene ring substituents is 1. The molecule has 8 nitrogen and oxygen atoms in total. The Morgan fingerprint density at radius 1 is 1.04 bits per heavy atom. The van der Waals surface area contributed by atoms with Crippen LogP contribution in [0.5, 0.6) is 5.75 Å². The Balaban J connectivity index is 1.89. The number of nitrogens with zero attached hydrogens (tertiary/aromatic N) is 1. The molecule has 0 aliphatic heterocycles. The minimum atomic E-state index is -0.847. The molecule has 0 aromatic heterocycles. The SMILES string of the molecule is CC(Oc1ccc(C(C)C)cc1)C(=O)NNC(=O)c1cccc([N+](=O)[O-])c1. The van der Waals surface area contributed by atoms with Crippen molar-refractivity contribution >= 4 is 17.5 Å². The topological polar surface area (TPSA) is 111 Å². The maximum atomic E-state index is 12.1. The number of hydrazine groups is 1. The molecule has 0 radical (unpaired) electrons. The van der Waals surface area contributed by atoms with Gasteiger partial charge in [0.2, 0.25) is 0 Å². The molecule has 0 heterocycles. The summed E-state index contributed by atoms with van der Waals surface area (Å²) in [7, 11) is 0. The summed E-state index contributed by atoms with van der Waals surface area (Å²) >= 11 is 0. The number of hydrogen-bond acceptors (Lipinski definition) is 5. The Kier molecular flexibility index (Phi) is 6.48. The Hall–Kier alpha value is -3.42. The molecule has 1 unspecified atom stereocenters. The van der Waals surface area contributed by atoms with Gasteiger partial charge in [-0.2, -0.15) is 0 Å². The van der Waals surface area contributed by atoms with Gasteiger partial charge < -0.3 is 4.74 Å². The quantitative estimate of drug-likeness (QED) is 0.599. The summed E-state index contributed by atoms with van der Waals surface area (Å²) in [6.07, 6.45) is -0.847. The largest absolute Gasteiger partial charge is 0.481 e. The number of nitrogens with one attached hydrogen (secondary N) is 2. The molecule has 2 aromatic carbocycles. The van der Waals surface area contributed by atoms with Gasteiger partial charge in [0, 0.05) is 17.7 Å². The van der Waals surface area contributed by atoms with Crippen LogP contribution < -0.4 is 15.6 Å². The van der Waals surface area contributed by atoms with E-state index in [1.54, 1.807) is 19.1 Å². The van der Waals surface area contributed by atoms with E-state index in [4.69, 9.17) is 4.74 Å². The highest BCUT2D eigenvalue weighted by atomic mass is 16.6. The average Bonchev–Trinajstić information content (AvgIpc) is 2.66.